The number of aromatic nitrogens is 1. The van der Waals surface area contributed by atoms with Crippen LogP contribution < -0.4 is 0 Å². The Kier molecular flexibility index (Phi) is 3.40. The first-order valence-electron chi connectivity index (χ1n) is 6.15. The van der Waals surface area contributed by atoms with Gasteiger partial charge in [0, 0.05) is 17.1 Å². The molecule has 6 nitrogen and oxygen atoms in total. The SMILES string of the molecule is Cc1ccc([N+](=O)[O-])c2nc(C(C)C)cc(C(=O)O)c12. The second-order valence-electron chi connectivity index (χ2n) is 4.94. The lowest BCUT2D eigenvalue weighted by Crippen LogP contribution is -2.05. The minimum atomic E-state index is -1.11. The third kappa shape index (κ3) is 2.20. The molecule has 0 bridgehead atoms. The van der Waals surface area contributed by atoms with Crippen LogP contribution in [0.25, 0.3) is 10.9 Å². The number of benzene rings is 1. The number of carboxylic acids is 1. The second-order valence-corrected chi connectivity index (χ2v) is 4.94. The standard InChI is InChI=1S/C14H14N2O4/c1-7(2)10-6-9(14(17)18)12-8(3)4-5-11(16(19)20)13(12)15-10/h4-7H,1-3H3,(H,17,18). The summed E-state index contributed by atoms with van der Waals surface area (Å²) in [5, 5.41) is 20.8. The summed E-state index contributed by atoms with van der Waals surface area (Å²) in [5.74, 6) is -1.12. The van der Waals surface area contributed by atoms with Crippen molar-refractivity contribution in [3.05, 3.63) is 45.1 Å². The van der Waals surface area contributed by atoms with Crippen LogP contribution in [0, 0.1) is 17.0 Å². The number of nitrogens with zero attached hydrogens (tertiary/aromatic N) is 2. The van der Waals surface area contributed by atoms with Crippen molar-refractivity contribution in [1.82, 2.24) is 4.98 Å². The number of nitro groups is 1. The summed E-state index contributed by atoms with van der Waals surface area (Å²) in [7, 11) is 0. The van der Waals surface area contributed by atoms with Crippen molar-refractivity contribution in [2.24, 2.45) is 0 Å². The van der Waals surface area contributed by atoms with Gasteiger partial charge in [0.05, 0.1) is 10.5 Å². The van der Waals surface area contributed by atoms with Gasteiger partial charge in [-0.2, -0.15) is 0 Å². The van der Waals surface area contributed by atoms with Crippen molar-refractivity contribution in [2.75, 3.05) is 0 Å². The molecule has 0 aliphatic heterocycles. The number of pyridine rings is 1. The average molecular weight is 274 g/mol. The van der Waals surface area contributed by atoms with E-state index in [1.165, 1.54) is 12.1 Å². The van der Waals surface area contributed by atoms with E-state index in [4.69, 9.17) is 0 Å². The third-order valence-corrected chi connectivity index (χ3v) is 3.19. The zero-order valence-electron chi connectivity index (χ0n) is 11.4. The Labute approximate surface area is 115 Å². The summed E-state index contributed by atoms with van der Waals surface area (Å²) in [4.78, 5) is 26.3. The lowest BCUT2D eigenvalue weighted by Gasteiger charge is -2.11. The van der Waals surface area contributed by atoms with Crippen molar-refractivity contribution in [3.63, 3.8) is 0 Å². The van der Waals surface area contributed by atoms with Gasteiger partial charge >= 0.3 is 5.97 Å². The number of nitro benzene ring substituents is 1. The fourth-order valence-electron chi connectivity index (χ4n) is 2.13. The van der Waals surface area contributed by atoms with Gasteiger partial charge in [0.2, 0.25) is 0 Å². The number of aryl methyl sites for hydroxylation is 1. The lowest BCUT2D eigenvalue weighted by molar-refractivity contribution is -0.383. The maximum atomic E-state index is 11.4. The van der Waals surface area contributed by atoms with Gasteiger partial charge in [-0.25, -0.2) is 9.78 Å². The zero-order valence-corrected chi connectivity index (χ0v) is 11.4. The highest BCUT2D eigenvalue weighted by atomic mass is 16.6. The lowest BCUT2D eigenvalue weighted by atomic mass is 9.99. The minimum Gasteiger partial charge on any atom is -0.478 e. The quantitative estimate of drug-likeness (QED) is 0.684. The van der Waals surface area contributed by atoms with Gasteiger partial charge in [-0.3, -0.25) is 10.1 Å². The molecular formula is C14H14N2O4. The van der Waals surface area contributed by atoms with Crippen molar-refractivity contribution in [1.29, 1.82) is 0 Å². The molecule has 0 aliphatic carbocycles. The molecule has 1 heterocycles. The number of hydrogen-bond donors (Lipinski definition) is 1. The maximum absolute atomic E-state index is 11.4. The summed E-state index contributed by atoms with van der Waals surface area (Å²) in [5.41, 5.74) is 1.21. The molecule has 1 aromatic heterocycles. The van der Waals surface area contributed by atoms with Gasteiger partial charge in [-0.15, -0.1) is 0 Å². The number of carboxylic acid groups (broad SMARTS) is 1. The van der Waals surface area contributed by atoms with Gasteiger partial charge in [-0.1, -0.05) is 19.9 Å². The van der Waals surface area contributed by atoms with Crippen LogP contribution in [-0.2, 0) is 0 Å². The predicted octanol–water partition coefficient (Wildman–Crippen LogP) is 3.27. The van der Waals surface area contributed by atoms with Gasteiger partial charge in [0.15, 0.2) is 0 Å². The Morgan fingerprint density at radius 3 is 2.55 bits per heavy atom. The number of non-ortho nitro benzene ring substituents is 1. The van der Waals surface area contributed by atoms with Crippen LogP contribution in [0.3, 0.4) is 0 Å². The molecule has 6 heteroatoms. The molecule has 2 rings (SSSR count). The van der Waals surface area contributed by atoms with Crippen molar-refractivity contribution in [2.45, 2.75) is 26.7 Å². The van der Waals surface area contributed by atoms with E-state index < -0.39 is 10.9 Å². The first-order chi connectivity index (χ1) is 9.32. The van der Waals surface area contributed by atoms with E-state index in [9.17, 15) is 20.0 Å². The Morgan fingerprint density at radius 2 is 2.05 bits per heavy atom. The Balaban J connectivity index is 2.99. The van der Waals surface area contributed by atoms with E-state index in [1.54, 1.807) is 13.0 Å². The second kappa shape index (κ2) is 4.88. The van der Waals surface area contributed by atoms with Gasteiger partial charge < -0.3 is 5.11 Å². The highest BCUT2D eigenvalue weighted by Gasteiger charge is 2.21. The molecule has 104 valence electrons. The van der Waals surface area contributed by atoms with E-state index in [-0.39, 0.29) is 22.7 Å². The summed E-state index contributed by atoms with van der Waals surface area (Å²) in [6.07, 6.45) is 0. The van der Waals surface area contributed by atoms with Crippen LogP contribution in [0.2, 0.25) is 0 Å². The van der Waals surface area contributed by atoms with Crippen LogP contribution >= 0.6 is 0 Å². The van der Waals surface area contributed by atoms with Crippen LogP contribution in [0.1, 0.15) is 41.4 Å². The van der Waals surface area contributed by atoms with Crippen molar-refractivity contribution in [3.8, 4) is 0 Å². The molecular weight excluding hydrogens is 260 g/mol. The molecule has 0 aliphatic rings. The minimum absolute atomic E-state index is 0.0161. The van der Waals surface area contributed by atoms with E-state index in [0.717, 1.165) is 0 Å². The monoisotopic (exact) mass is 274 g/mol. The van der Waals surface area contributed by atoms with Gasteiger partial charge in [0.25, 0.3) is 5.69 Å². The van der Waals surface area contributed by atoms with E-state index in [0.29, 0.717) is 16.6 Å². The zero-order chi connectivity index (χ0) is 15.0. The normalized spacial score (nSPS) is 11.0. The number of fused-ring (bicyclic) bond motifs is 1. The fraction of sp³-hybridized carbons (Fsp3) is 0.286. The molecule has 0 saturated heterocycles. The summed E-state index contributed by atoms with van der Waals surface area (Å²) in [6, 6.07) is 4.40. The Bertz CT molecular complexity index is 723. The molecule has 0 saturated carbocycles. The number of carbonyl (C=O) groups is 1. The highest BCUT2D eigenvalue weighted by molar-refractivity contribution is 6.06. The highest BCUT2D eigenvalue weighted by Crippen LogP contribution is 2.31. The van der Waals surface area contributed by atoms with Crippen LogP contribution in [0.15, 0.2) is 18.2 Å². The molecule has 20 heavy (non-hydrogen) atoms. The number of aromatic carboxylic acids is 1. The summed E-state index contributed by atoms with van der Waals surface area (Å²) < 4.78 is 0. The molecule has 0 radical (unpaired) electrons. The van der Waals surface area contributed by atoms with Crippen LogP contribution in [-0.4, -0.2) is 21.0 Å². The smallest absolute Gasteiger partial charge is 0.336 e. The molecule has 0 spiro atoms. The van der Waals surface area contributed by atoms with Crippen molar-refractivity contribution < 1.29 is 14.8 Å². The predicted molar refractivity (Wildman–Crippen MR) is 74.2 cm³/mol. The largest absolute Gasteiger partial charge is 0.478 e. The third-order valence-electron chi connectivity index (χ3n) is 3.19. The summed E-state index contributed by atoms with van der Waals surface area (Å²) >= 11 is 0. The molecule has 0 amide bonds. The molecule has 0 atom stereocenters. The fourth-order valence-corrected chi connectivity index (χ4v) is 2.13. The van der Waals surface area contributed by atoms with E-state index >= 15 is 0 Å². The van der Waals surface area contributed by atoms with E-state index in [2.05, 4.69) is 4.98 Å². The number of rotatable bonds is 3. The maximum Gasteiger partial charge on any atom is 0.336 e. The summed E-state index contributed by atoms with van der Waals surface area (Å²) in [6.45, 7) is 5.44. The number of hydrogen-bond acceptors (Lipinski definition) is 4. The van der Waals surface area contributed by atoms with Crippen molar-refractivity contribution >= 4 is 22.6 Å². The van der Waals surface area contributed by atoms with Gasteiger partial charge in [-0.05, 0) is 24.5 Å². The molecule has 0 fully saturated rings. The topological polar surface area (TPSA) is 93.3 Å². The molecule has 1 N–H and O–H groups in total. The molecule has 0 unspecified atom stereocenters. The molecule has 2 aromatic rings. The van der Waals surface area contributed by atoms with E-state index in [1.807, 2.05) is 13.8 Å². The average Bonchev–Trinajstić information content (AvgIpc) is 2.37. The Hall–Kier alpha value is -2.50. The first-order valence-corrected chi connectivity index (χ1v) is 6.15. The van der Waals surface area contributed by atoms with Crippen LogP contribution in [0.5, 0.6) is 0 Å². The van der Waals surface area contributed by atoms with Crippen LogP contribution in [0.4, 0.5) is 5.69 Å². The molecule has 1 aromatic carbocycles. The first kappa shape index (κ1) is 13.9. The van der Waals surface area contributed by atoms with Gasteiger partial charge in [0.1, 0.15) is 5.52 Å². The Morgan fingerprint density at radius 1 is 1.40 bits per heavy atom.